The molecule has 3 nitrogen and oxygen atoms in total. The van der Waals surface area contributed by atoms with Crippen LogP contribution in [0.4, 0.5) is 13.2 Å². The highest BCUT2D eigenvalue weighted by Crippen LogP contribution is 2.29. The number of aliphatic hydroxyl groups is 1. The molecule has 0 saturated heterocycles. The smallest absolute Gasteiger partial charge is 0.393 e. The van der Waals surface area contributed by atoms with E-state index in [1.165, 1.54) is 6.92 Å². The Morgan fingerprint density at radius 2 is 1.81 bits per heavy atom. The van der Waals surface area contributed by atoms with Crippen molar-refractivity contribution in [1.82, 2.24) is 0 Å². The van der Waals surface area contributed by atoms with Crippen molar-refractivity contribution in [2.45, 2.75) is 57.3 Å². The van der Waals surface area contributed by atoms with Gasteiger partial charge in [-0.1, -0.05) is 0 Å². The largest absolute Gasteiger partial charge is 0.440 e. The molecule has 1 unspecified atom stereocenters. The minimum absolute atomic E-state index is 0.0421. The average Bonchev–Trinajstić information content (AvgIpc) is 2.19. The zero-order chi connectivity index (χ0) is 12.2. The molecule has 0 bridgehead atoms. The molecule has 1 aliphatic carbocycles. The van der Waals surface area contributed by atoms with Gasteiger partial charge in [-0.15, -0.1) is 0 Å². The average molecular weight is 242 g/mol. The van der Waals surface area contributed by atoms with Gasteiger partial charge in [0.2, 0.25) is 0 Å². The Labute approximate surface area is 92.5 Å². The van der Waals surface area contributed by atoms with E-state index < -0.39 is 24.7 Å². The second-order valence-electron chi connectivity index (χ2n) is 3.90. The van der Waals surface area contributed by atoms with Gasteiger partial charge in [0.25, 0.3) is 6.29 Å². The minimum Gasteiger partial charge on any atom is -0.393 e. The second kappa shape index (κ2) is 5.84. The van der Waals surface area contributed by atoms with Crippen LogP contribution in [0.2, 0.25) is 0 Å². The Morgan fingerprint density at radius 1 is 1.25 bits per heavy atom. The van der Waals surface area contributed by atoms with Crippen LogP contribution in [-0.4, -0.2) is 36.4 Å². The molecule has 6 heteroatoms. The fourth-order valence-electron chi connectivity index (χ4n) is 1.72. The SMILES string of the molecule is CCOC(OC1CCC(O)CC1)C(F)(F)F. The standard InChI is InChI=1S/C10H17F3O3/c1-2-15-9(10(11,12)13)16-8-5-3-7(14)4-6-8/h7-9,14H,2-6H2,1H3. The lowest BCUT2D eigenvalue weighted by Crippen LogP contribution is -2.39. The molecule has 0 aromatic rings. The molecule has 1 aliphatic rings. The van der Waals surface area contributed by atoms with Gasteiger partial charge in [0.1, 0.15) is 0 Å². The Bertz CT molecular complexity index is 200. The van der Waals surface area contributed by atoms with E-state index in [1.54, 1.807) is 0 Å². The number of hydrogen-bond donors (Lipinski definition) is 1. The van der Waals surface area contributed by atoms with Crippen LogP contribution >= 0.6 is 0 Å². The molecule has 0 aliphatic heterocycles. The van der Waals surface area contributed by atoms with E-state index in [2.05, 4.69) is 4.74 Å². The number of rotatable bonds is 4. The number of ether oxygens (including phenoxy) is 2. The maximum absolute atomic E-state index is 12.4. The van der Waals surface area contributed by atoms with Gasteiger partial charge < -0.3 is 14.6 Å². The van der Waals surface area contributed by atoms with Gasteiger partial charge in [-0.2, -0.15) is 13.2 Å². The van der Waals surface area contributed by atoms with Crippen molar-refractivity contribution < 1.29 is 27.8 Å². The topological polar surface area (TPSA) is 38.7 Å². The fourth-order valence-corrected chi connectivity index (χ4v) is 1.72. The predicted octanol–water partition coefficient (Wildman–Crippen LogP) is 2.23. The van der Waals surface area contributed by atoms with Crippen LogP contribution in [0.25, 0.3) is 0 Å². The Morgan fingerprint density at radius 3 is 2.25 bits per heavy atom. The van der Waals surface area contributed by atoms with Crippen LogP contribution in [0.3, 0.4) is 0 Å². The summed E-state index contributed by atoms with van der Waals surface area (Å²) in [4.78, 5) is 0. The molecule has 16 heavy (non-hydrogen) atoms. The quantitative estimate of drug-likeness (QED) is 0.768. The number of aliphatic hydroxyl groups excluding tert-OH is 1. The number of halogens is 3. The molecular formula is C10H17F3O3. The molecule has 0 radical (unpaired) electrons. The van der Waals surface area contributed by atoms with Crippen molar-refractivity contribution in [1.29, 1.82) is 0 Å². The molecule has 1 rings (SSSR count). The van der Waals surface area contributed by atoms with Crippen LogP contribution in [0.15, 0.2) is 0 Å². The summed E-state index contributed by atoms with van der Waals surface area (Å²) in [6, 6.07) is 0. The molecule has 1 fully saturated rings. The third kappa shape index (κ3) is 4.27. The molecular weight excluding hydrogens is 225 g/mol. The maximum atomic E-state index is 12.4. The summed E-state index contributed by atoms with van der Waals surface area (Å²) < 4.78 is 46.7. The summed E-state index contributed by atoms with van der Waals surface area (Å²) in [7, 11) is 0. The van der Waals surface area contributed by atoms with Gasteiger partial charge in [0.05, 0.1) is 12.2 Å². The van der Waals surface area contributed by atoms with Crippen molar-refractivity contribution in [2.24, 2.45) is 0 Å². The second-order valence-corrected chi connectivity index (χ2v) is 3.90. The van der Waals surface area contributed by atoms with E-state index in [0.717, 1.165) is 0 Å². The molecule has 0 aromatic carbocycles. The van der Waals surface area contributed by atoms with E-state index >= 15 is 0 Å². The predicted molar refractivity (Wildman–Crippen MR) is 50.8 cm³/mol. The van der Waals surface area contributed by atoms with Gasteiger partial charge in [-0.05, 0) is 32.6 Å². The Balaban J connectivity index is 2.42. The maximum Gasteiger partial charge on any atom is 0.440 e. The lowest BCUT2D eigenvalue weighted by atomic mass is 9.95. The summed E-state index contributed by atoms with van der Waals surface area (Å²) in [5.41, 5.74) is 0. The third-order valence-corrected chi connectivity index (χ3v) is 2.55. The van der Waals surface area contributed by atoms with E-state index in [-0.39, 0.29) is 6.61 Å². The normalized spacial score (nSPS) is 29.1. The van der Waals surface area contributed by atoms with Crippen molar-refractivity contribution >= 4 is 0 Å². The first-order valence-corrected chi connectivity index (χ1v) is 5.45. The minimum atomic E-state index is -4.49. The number of hydrogen-bond acceptors (Lipinski definition) is 3. The molecule has 96 valence electrons. The van der Waals surface area contributed by atoms with Crippen LogP contribution < -0.4 is 0 Å². The third-order valence-electron chi connectivity index (χ3n) is 2.55. The van der Waals surface area contributed by atoms with Crippen molar-refractivity contribution in [2.75, 3.05) is 6.61 Å². The fraction of sp³-hybridized carbons (Fsp3) is 1.00. The van der Waals surface area contributed by atoms with Crippen LogP contribution in [0.5, 0.6) is 0 Å². The van der Waals surface area contributed by atoms with Crippen molar-refractivity contribution in [3.8, 4) is 0 Å². The van der Waals surface area contributed by atoms with E-state index in [4.69, 9.17) is 4.74 Å². The summed E-state index contributed by atoms with van der Waals surface area (Å²) in [5, 5.41) is 9.22. The molecule has 0 spiro atoms. The van der Waals surface area contributed by atoms with Gasteiger partial charge >= 0.3 is 6.18 Å². The molecule has 1 saturated carbocycles. The van der Waals surface area contributed by atoms with Crippen molar-refractivity contribution in [3.63, 3.8) is 0 Å². The first-order chi connectivity index (χ1) is 7.43. The van der Waals surface area contributed by atoms with Gasteiger partial charge in [0.15, 0.2) is 0 Å². The molecule has 0 amide bonds. The summed E-state index contributed by atoms with van der Waals surface area (Å²) in [5.74, 6) is 0. The lowest BCUT2D eigenvalue weighted by molar-refractivity contribution is -0.322. The van der Waals surface area contributed by atoms with Crippen LogP contribution in [0, 0.1) is 0 Å². The van der Waals surface area contributed by atoms with Gasteiger partial charge in [-0.25, -0.2) is 0 Å². The first kappa shape index (κ1) is 13.7. The highest BCUT2D eigenvalue weighted by Gasteiger charge is 2.43. The molecule has 1 N–H and O–H groups in total. The zero-order valence-corrected chi connectivity index (χ0v) is 9.17. The Kier molecular flexibility index (Phi) is 5.01. The van der Waals surface area contributed by atoms with Crippen molar-refractivity contribution in [3.05, 3.63) is 0 Å². The summed E-state index contributed by atoms with van der Waals surface area (Å²) in [6.07, 6.45) is -5.65. The van der Waals surface area contributed by atoms with E-state index in [0.29, 0.717) is 25.7 Å². The lowest BCUT2D eigenvalue weighted by Gasteiger charge is -2.30. The van der Waals surface area contributed by atoms with Crippen LogP contribution in [-0.2, 0) is 9.47 Å². The molecule has 0 heterocycles. The van der Waals surface area contributed by atoms with Gasteiger partial charge in [0, 0.05) is 6.61 Å². The van der Waals surface area contributed by atoms with E-state index in [1.807, 2.05) is 0 Å². The van der Waals surface area contributed by atoms with Gasteiger partial charge in [-0.3, -0.25) is 0 Å². The Hall–Kier alpha value is -0.330. The number of alkyl halides is 3. The van der Waals surface area contributed by atoms with E-state index in [9.17, 15) is 18.3 Å². The summed E-state index contributed by atoms with van der Waals surface area (Å²) >= 11 is 0. The zero-order valence-electron chi connectivity index (χ0n) is 9.17. The summed E-state index contributed by atoms with van der Waals surface area (Å²) in [6.45, 7) is 1.45. The highest BCUT2D eigenvalue weighted by molar-refractivity contribution is 4.73. The molecule has 0 aromatic heterocycles. The van der Waals surface area contributed by atoms with Crippen LogP contribution in [0.1, 0.15) is 32.6 Å². The first-order valence-electron chi connectivity index (χ1n) is 5.45. The highest BCUT2D eigenvalue weighted by atomic mass is 19.4. The molecule has 1 atom stereocenters. The monoisotopic (exact) mass is 242 g/mol.